The Kier molecular flexibility index (Phi) is 1.67. The van der Waals surface area contributed by atoms with Gasteiger partial charge < -0.3 is 5.32 Å². The molecule has 11 heavy (non-hydrogen) atoms. The van der Waals surface area contributed by atoms with Crippen LogP contribution in [0.5, 0.6) is 0 Å². The van der Waals surface area contributed by atoms with E-state index in [1.807, 2.05) is 0 Å². The first-order valence-electron chi connectivity index (χ1n) is 4.63. The fraction of sp³-hybridized carbons (Fsp3) is 1.00. The van der Waals surface area contributed by atoms with Gasteiger partial charge >= 0.3 is 0 Å². The average molecular weight is 157 g/mol. The Morgan fingerprint density at radius 3 is 2.27 bits per heavy atom. The van der Waals surface area contributed by atoms with Crippen LogP contribution in [0.25, 0.3) is 0 Å². The van der Waals surface area contributed by atoms with Crippen LogP contribution in [0.2, 0.25) is 0 Å². The van der Waals surface area contributed by atoms with Crippen molar-refractivity contribution in [1.29, 1.82) is 0 Å². The molecule has 1 aliphatic heterocycles. The maximum atomic E-state index is 13.9. The van der Waals surface area contributed by atoms with E-state index < -0.39 is 5.67 Å². The molecule has 1 heterocycles. The lowest BCUT2D eigenvalue weighted by molar-refractivity contribution is -0.00860. The lowest BCUT2D eigenvalue weighted by atomic mass is 9.69. The first kappa shape index (κ1) is 7.53. The summed E-state index contributed by atoms with van der Waals surface area (Å²) in [6.45, 7) is 2.78. The minimum atomic E-state index is -0.920. The third-order valence-electron chi connectivity index (χ3n) is 3.41. The topological polar surface area (TPSA) is 12.0 Å². The summed E-state index contributed by atoms with van der Waals surface area (Å²) < 4.78 is 13.9. The SMILES string of the molecule is CC(F)(C1CCC1)C1CCN1. The first-order valence-corrected chi connectivity index (χ1v) is 4.63. The number of nitrogens with one attached hydrogen (secondary N) is 1. The molecule has 0 radical (unpaired) electrons. The Balaban J connectivity index is 1.95. The fourth-order valence-electron chi connectivity index (χ4n) is 2.03. The van der Waals surface area contributed by atoms with Gasteiger partial charge in [-0.1, -0.05) is 6.42 Å². The number of rotatable bonds is 2. The molecule has 0 amide bonds. The molecule has 2 fully saturated rings. The molecule has 1 aliphatic carbocycles. The lowest BCUT2D eigenvalue weighted by Gasteiger charge is -2.46. The van der Waals surface area contributed by atoms with Gasteiger partial charge in [0, 0.05) is 6.04 Å². The maximum Gasteiger partial charge on any atom is 0.126 e. The zero-order valence-corrected chi connectivity index (χ0v) is 7.07. The highest BCUT2D eigenvalue weighted by molar-refractivity contribution is 5.00. The van der Waals surface area contributed by atoms with Gasteiger partial charge in [-0.2, -0.15) is 0 Å². The zero-order valence-electron chi connectivity index (χ0n) is 7.07. The Labute approximate surface area is 67.4 Å². The van der Waals surface area contributed by atoms with Crippen molar-refractivity contribution >= 4 is 0 Å². The summed E-state index contributed by atoms with van der Waals surface area (Å²) in [5.74, 6) is 0.347. The smallest absolute Gasteiger partial charge is 0.126 e. The second-order valence-corrected chi connectivity index (χ2v) is 4.07. The largest absolute Gasteiger partial charge is 0.311 e. The normalized spacial score (nSPS) is 37.1. The van der Waals surface area contributed by atoms with E-state index in [0.717, 1.165) is 25.8 Å². The number of hydrogen-bond donors (Lipinski definition) is 1. The van der Waals surface area contributed by atoms with E-state index in [2.05, 4.69) is 5.32 Å². The third kappa shape index (κ3) is 1.08. The van der Waals surface area contributed by atoms with Gasteiger partial charge in [0.05, 0.1) is 0 Å². The fourth-order valence-corrected chi connectivity index (χ4v) is 2.03. The Hall–Kier alpha value is -0.110. The van der Waals surface area contributed by atoms with E-state index in [-0.39, 0.29) is 6.04 Å². The second-order valence-electron chi connectivity index (χ2n) is 4.07. The van der Waals surface area contributed by atoms with Gasteiger partial charge in [0.25, 0.3) is 0 Å². The van der Waals surface area contributed by atoms with E-state index in [9.17, 15) is 4.39 Å². The number of halogens is 1. The monoisotopic (exact) mass is 157 g/mol. The molecule has 1 N–H and O–H groups in total. The van der Waals surface area contributed by atoms with Crippen LogP contribution in [0.3, 0.4) is 0 Å². The van der Waals surface area contributed by atoms with Crippen molar-refractivity contribution < 1.29 is 4.39 Å². The summed E-state index contributed by atoms with van der Waals surface area (Å²) in [6, 6.07) is 0.160. The molecular weight excluding hydrogens is 141 g/mol. The molecule has 0 aromatic carbocycles. The van der Waals surface area contributed by atoms with E-state index >= 15 is 0 Å². The minimum Gasteiger partial charge on any atom is -0.311 e. The molecule has 64 valence electrons. The summed E-state index contributed by atoms with van der Waals surface area (Å²) in [4.78, 5) is 0. The van der Waals surface area contributed by atoms with Crippen molar-refractivity contribution in [2.75, 3.05) is 6.54 Å². The van der Waals surface area contributed by atoms with Crippen LogP contribution in [0.15, 0.2) is 0 Å². The summed E-state index contributed by atoms with van der Waals surface area (Å²) in [5.41, 5.74) is -0.920. The molecule has 2 unspecified atom stereocenters. The van der Waals surface area contributed by atoms with Crippen LogP contribution < -0.4 is 5.32 Å². The van der Waals surface area contributed by atoms with Crippen LogP contribution in [-0.2, 0) is 0 Å². The standard InChI is InChI=1S/C9H16FN/c1-9(10,7-3-2-4-7)8-5-6-11-8/h7-8,11H,2-6H2,1H3. The van der Waals surface area contributed by atoms with Crippen molar-refractivity contribution in [3.05, 3.63) is 0 Å². The summed E-state index contributed by atoms with van der Waals surface area (Å²) in [7, 11) is 0. The third-order valence-corrected chi connectivity index (χ3v) is 3.41. The molecule has 0 aromatic rings. The maximum absolute atomic E-state index is 13.9. The molecular formula is C9H16FN. The van der Waals surface area contributed by atoms with Crippen LogP contribution in [-0.4, -0.2) is 18.3 Å². The molecule has 1 saturated carbocycles. The van der Waals surface area contributed by atoms with Crippen molar-refractivity contribution in [2.24, 2.45) is 5.92 Å². The van der Waals surface area contributed by atoms with Crippen LogP contribution >= 0.6 is 0 Å². The van der Waals surface area contributed by atoms with E-state index in [1.54, 1.807) is 6.92 Å². The van der Waals surface area contributed by atoms with Crippen LogP contribution in [0.1, 0.15) is 32.6 Å². The van der Waals surface area contributed by atoms with Crippen molar-refractivity contribution in [3.8, 4) is 0 Å². The lowest BCUT2D eigenvalue weighted by Crippen LogP contribution is -2.59. The first-order chi connectivity index (χ1) is 5.21. The minimum absolute atomic E-state index is 0.160. The average Bonchev–Trinajstić information content (AvgIpc) is 1.46. The molecule has 2 atom stereocenters. The van der Waals surface area contributed by atoms with E-state index in [4.69, 9.17) is 0 Å². The van der Waals surface area contributed by atoms with Gasteiger partial charge in [0.1, 0.15) is 5.67 Å². The quantitative estimate of drug-likeness (QED) is 0.645. The van der Waals surface area contributed by atoms with Crippen molar-refractivity contribution in [2.45, 2.75) is 44.3 Å². The van der Waals surface area contributed by atoms with E-state index in [1.165, 1.54) is 6.42 Å². The summed E-state index contributed by atoms with van der Waals surface area (Å²) in [6.07, 6.45) is 4.47. The van der Waals surface area contributed by atoms with E-state index in [0.29, 0.717) is 5.92 Å². The van der Waals surface area contributed by atoms with Gasteiger partial charge in [0.15, 0.2) is 0 Å². The van der Waals surface area contributed by atoms with Crippen molar-refractivity contribution in [3.63, 3.8) is 0 Å². The molecule has 2 rings (SSSR count). The summed E-state index contributed by atoms with van der Waals surface area (Å²) >= 11 is 0. The molecule has 2 heteroatoms. The Morgan fingerprint density at radius 2 is 2.00 bits per heavy atom. The van der Waals surface area contributed by atoms with Crippen molar-refractivity contribution in [1.82, 2.24) is 5.32 Å². The molecule has 0 aromatic heterocycles. The molecule has 1 nitrogen and oxygen atoms in total. The Bertz CT molecular complexity index is 132. The highest BCUT2D eigenvalue weighted by Crippen LogP contribution is 2.42. The molecule has 0 bridgehead atoms. The zero-order chi connectivity index (χ0) is 7.90. The summed E-state index contributed by atoms with van der Waals surface area (Å²) in [5, 5.41) is 3.16. The molecule has 0 spiro atoms. The van der Waals surface area contributed by atoms with Gasteiger partial charge in [-0.15, -0.1) is 0 Å². The van der Waals surface area contributed by atoms with Crippen LogP contribution in [0, 0.1) is 5.92 Å². The second kappa shape index (κ2) is 2.44. The van der Waals surface area contributed by atoms with Gasteiger partial charge in [-0.05, 0) is 38.6 Å². The Morgan fingerprint density at radius 1 is 1.36 bits per heavy atom. The van der Waals surface area contributed by atoms with Gasteiger partial charge in [0.2, 0.25) is 0 Å². The molecule has 1 saturated heterocycles. The number of alkyl halides is 1. The van der Waals surface area contributed by atoms with Crippen LogP contribution in [0.4, 0.5) is 4.39 Å². The predicted octanol–water partition coefficient (Wildman–Crippen LogP) is 1.88. The van der Waals surface area contributed by atoms with Gasteiger partial charge in [-0.3, -0.25) is 0 Å². The molecule has 2 aliphatic rings. The predicted molar refractivity (Wildman–Crippen MR) is 43.3 cm³/mol. The highest BCUT2D eigenvalue weighted by atomic mass is 19.1. The highest BCUT2D eigenvalue weighted by Gasteiger charge is 2.46. The number of hydrogen-bond acceptors (Lipinski definition) is 1. The van der Waals surface area contributed by atoms with Gasteiger partial charge in [-0.25, -0.2) is 4.39 Å².